The molecule has 0 bridgehead atoms. The minimum atomic E-state index is 0.0102. The number of fused-ring (bicyclic) bond motifs is 1. The molecule has 1 aromatic heterocycles. The second-order valence-electron chi connectivity index (χ2n) is 9.34. The second kappa shape index (κ2) is 8.96. The Balaban J connectivity index is 1.21. The van der Waals surface area contributed by atoms with Crippen molar-refractivity contribution < 1.29 is 4.79 Å². The van der Waals surface area contributed by atoms with Crippen LogP contribution in [0.25, 0.3) is 0 Å². The van der Waals surface area contributed by atoms with Gasteiger partial charge in [0.05, 0.1) is 0 Å². The summed E-state index contributed by atoms with van der Waals surface area (Å²) >= 11 is 0. The molecule has 30 heavy (non-hydrogen) atoms. The van der Waals surface area contributed by atoms with Crippen LogP contribution in [0.1, 0.15) is 57.8 Å². The van der Waals surface area contributed by atoms with Crippen LogP contribution in [0.15, 0.2) is 30.1 Å². The van der Waals surface area contributed by atoms with Crippen LogP contribution >= 0.6 is 0 Å². The third-order valence-corrected chi connectivity index (χ3v) is 7.50. The van der Waals surface area contributed by atoms with Gasteiger partial charge >= 0.3 is 6.03 Å². The number of pyridine rings is 1. The second-order valence-corrected chi connectivity index (χ2v) is 9.34. The fraction of sp³-hybridized carbons (Fsp3) is 0.667. The van der Waals surface area contributed by atoms with Crippen molar-refractivity contribution in [3.8, 4) is 0 Å². The number of piperazine rings is 1. The number of hydrogen-bond acceptors (Lipinski definition) is 4. The average Bonchev–Trinajstić information content (AvgIpc) is 3.34. The zero-order chi connectivity index (χ0) is 20.3. The Morgan fingerprint density at radius 1 is 0.967 bits per heavy atom. The monoisotopic (exact) mass is 409 g/mol. The first kappa shape index (κ1) is 19.9. The predicted octanol–water partition coefficient (Wildman–Crippen LogP) is 4.46. The van der Waals surface area contributed by atoms with Crippen LogP contribution in [0.3, 0.4) is 0 Å². The van der Waals surface area contributed by atoms with Crippen LogP contribution in [-0.2, 0) is 0 Å². The van der Waals surface area contributed by atoms with E-state index in [1.54, 1.807) is 0 Å². The lowest BCUT2D eigenvalue weighted by molar-refractivity contribution is 0.187. The summed E-state index contributed by atoms with van der Waals surface area (Å²) in [5.41, 5.74) is 2.10. The molecule has 5 rings (SSSR count). The van der Waals surface area contributed by atoms with E-state index in [1.807, 2.05) is 23.2 Å². The third kappa shape index (κ3) is 4.20. The Hall–Kier alpha value is -2.08. The number of hydrogen-bond donors (Lipinski definition) is 1. The zero-order valence-electron chi connectivity index (χ0n) is 18.1. The minimum Gasteiger partial charge on any atom is -0.354 e. The van der Waals surface area contributed by atoms with E-state index in [1.165, 1.54) is 50.6 Å². The van der Waals surface area contributed by atoms with Crippen molar-refractivity contribution >= 4 is 17.5 Å². The standard InChI is InChI=1S/C24H35N5O/c30-24(29-13-5-7-19-6-1-4-10-22(19)29)26-20-11-12-25-23(18-20)28-16-14-27(15-17-28)21-8-2-3-9-21/h10-12,18-19,21H,1-9,13-17H2,(H,25,26,30). The molecule has 2 aliphatic heterocycles. The van der Waals surface area contributed by atoms with Gasteiger partial charge in [0, 0.05) is 62.4 Å². The number of nitrogens with zero attached hydrogens (tertiary/aromatic N) is 4. The van der Waals surface area contributed by atoms with E-state index in [4.69, 9.17) is 0 Å². The number of urea groups is 1. The highest BCUT2D eigenvalue weighted by Crippen LogP contribution is 2.35. The van der Waals surface area contributed by atoms with Gasteiger partial charge in [-0.15, -0.1) is 0 Å². The number of anilines is 2. The summed E-state index contributed by atoms with van der Waals surface area (Å²) in [7, 11) is 0. The lowest BCUT2D eigenvalue weighted by Crippen LogP contribution is -2.50. The maximum Gasteiger partial charge on any atom is 0.326 e. The Morgan fingerprint density at radius 2 is 1.77 bits per heavy atom. The number of likely N-dealkylation sites (tertiary alicyclic amines) is 1. The number of carbonyl (C=O) groups excluding carboxylic acids is 1. The van der Waals surface area contributed by atoms with E-state index in [2.05, 4.69) is 26.2 Å². The molecule has 1 atom stereocenters. The molecule has 4 aliphatic rings. The van der Waals surface area contributed by atoms with Gasteiger partial charge in [0.25, 0.3) is 0 Å². The molecule has 162 valence electrons. The van der Waals surface area contributed by atoms with Crippen molar-refractivity contribution in [3.63, 3.8) is 0 Å². The molecule has 0 aromatic carbocycles. The van der Waals surface area contributed by atoms with Crippen molar-refractivity contribution in [1.82, 2.24) is 14.8 Å². The molecule has 2 saturated heterocycles. The summed E-state index contributed by atoms with van der Waals surface area (Å²) in [6.07, 6.45) is 15.5. The summed E-state index contributed by atoms with van der Waals surface area (Å²) in [5.74, 6) is 1.55. The van der Waals surface area contributed by atoms with Crippen LogP contribution in [-0.4, -0.2) is 59.6 Å². The molecule has 2 aliphatic carbocycles. The van der Waals surface area contributed by atoms with Gasteiger partial charge in [-0.05, 0) is 56.9 Å². The quantitative estimate of drug-likeness (QED) is 0.801. The van der Waals surface area contributed by atoms with E-state index < -0.39 is 0 Å². The summed E-state index contributed by atoms with van der Waals surface area (Å²) in [5, 5.41) is 3.15. The van der Waals surface area contributed by atoms with Crippen LogP contribution < -0.4 is 10.2 Å². The maximum atomic E-state index is 13.0. The van der Waals surface area contributed by atoms with Crippen LogP contribution in [0, 0.1) is 5.92 Å². The number of aromatic nitrogens is 1. The molecule has 1 unspecified atom stereocenters. The van der Waals surface area contributed by atoms with E-state index >= 15 is 0 Å². The van der Waals surface area contributed by atoms with Gasteiger partial charge < -0.3 is 10.2 Å². The zero-order valence-corrected chi connectivity index (χ0v) is 18.1. The highest BCUT2D eigenvalue weighted by Gasteiger charge is 2.30. The SMILES string of the molecule is O=C(Nc1ccnc(N2CCN(C3CCCC3)CC2)c1)N1CCCC2CCCC=C21. The summed E-state index contributed by atoms with van der Waals surface area (Å²) < 4.78 is 0. The molecule has 3 heterocycles. The van der Waals surface area contributed by atoms with Gasteiger partial charge in [0.1, 0.15) is 5.82 Å². The van der Waals surface area contributed by atoms with Gasteiger partial charge in [-0.3, -0.25) is 9.80 Å². The molecule has 1 N–H and O–H groups in total. The molecule has 0 radical (unpaired) electrons. The Labute approximate surface area is 180 Å². The molecule has 1 saturated carbocycles. The minimum absolute atomic E-state index is 0.0102. The number of allylic oxidation sites excluding steroid dienone is 2. The number of piperidine rings is 1. The number of nitrogens with one attached hydrogen (secondary N) is 1. The summed E-state index contributed by atoms with van der Waals surface area (Å²) in [6, 6.07) is 4.76. The first-order chi connectivity index (χ1) is 14.8. The number of amides is 2. The van der Waals surface area contributed by atoms with Gasteiger partial charge in [-0.2, -0.15) is 0 Å². The molecular weight excluding hydrogens is 374 g/mol. The normalized spacial score (nSPS) is 25.7. The van der Waals surface area contributed by atoms with Crippen molar-refractivity contribution in [2.24, 2.45) is 5.92 Å². The van der Waals surface area contributed by atoms with E-state index in [-0.39, 0.29) is 6.03 Å². The molecule has 2 amide bonds. The van der Waals surface area contributed by atoms with Gasteiger partial charge in [-0.1, -0.05) is 18.9 Å². The van der Waals surface area contributed by atoms with Crippen LogP contribution in [0.4, 0.5) is 16.3 Å². The molecular formula is C24H35N5O. The van der Waals surface area contributed by atoms with Gasteiger partial charge in [0.2, 0.25) is 0 Å². The topological polar surface area (TPSA) is 51.7 Å². The van der Waals surface area contributed by atoms with Crippen molar-refractivity contribution in [3.05, 3.63) is 30.1 Å². The van der Waals surface area contributed by atoms with Gasteiger partial charge in [-0.25, -0.2) is 9.78 Å². The first-order valence-electron chi connectivity index (χ1n) is 12.0. The Bertz CT molecular complexity index is 780. The predicted molar refractivity (Wildman–Crippen MR) is 121 cm³/mol. The lowest BCUT2D eigenvalue weighted by atomic mass is 9.85. The molecule has 0 spiro atoms. The number of carbonyl (C=O) groups is 1. The van der Waals surface area contributed by atoms with Crippen molar-refractivity contribution in [2.75, 3.05) is 42.9 Å². The lowest BCUT2D eigenvalue weighted by Gasteiger charge is -2.39. The molecule has 6 heteroatoms. The van der Waals surface area contributed by atoms with Gasteiger partial charge in [0.15, 0.2) is 0 Å². The fourth-order valence-electron chi connectivity index (χ4n) is 5.84. The smallest absolute Gasteiger partial charge is 0.326 e. The molecule has 3 fully saturated rings. The first-order valence-corrected chi connectivity index (χ1v) is 12.0. The fourth-order valence-corrected chi connectivity index (χ4v) is 5.84. The largest absolute Gasteiger partial charge is 0.354 e. The molecule has 1 aromatic rings. The third-order valence-electron chi connectivity index (χ3n) is 7.50. The van der Waals surface area contributed by atoms with E-state index in [0.29, 0.717) is 5.92 Å². The van der Waals surface area contributed by atoms with E-state index in [9.17, 15) is 4.79 Å². The summed E-state index contributed by atoms with van der Waals surface area (Å²) in [6.45, 7) is 5.09. The van der Waals surface area contributed by atoms with Crippen LogP contribution in [0.5, 0.6) is 0 Å². The molecule has 6 nitrogen and oxygen atoms in total. The van der Waals surface area contributed by atoms with E-state index in [0.717, 1.165) is 63.1 Å². The van der Waals surface area contributed by atoms with Crippen molar-refractivity contribution in [1.29, 1.82) is 0 Å². The summed E-state index contributed by atoms with van der Waals surface area (Å²) in [4.78, 5) is 24.6. The Morgan fingerprint density at radius 3 is 2.60 bits per heavy atom. The number of rotatable bonds is 3. The Kier molecular flexibility index (Phi) is 5.93. The highest BCUT2D eigenvalue weighted by atomic mass is 16.2. The highest BCUT2D eigenvalue weighted by molar-refractivity contribution is 5.91. The average molecular weight is 410 g/mol. The van der Waals surface area contributed by atoms with Crippen LogP contribution in [0.2, 0.25) is 0 Å². The maximum absolute atomic E-state index is 13.0. The van der Waals surface area contributed by atoms with Crippen molar-refractivity contribution in [2.45, 2.75) is 63.8 Å².